The third-order valence-electron chi connectivity index (χ3n) is 0.213. The molecule has 0 aromatic heterocycles. The molecule has 0 saturated heterocycles. The molecule has 0 spiro atoms. The van der Waals surface area contributed by atoms with Crippen LogP contribution in [0.3, 0.4) is 0 Å². The monoisotopic (exact) mass is 210 g/mol. The fourth-order valence-corrected chi connectivity index (χ4v) is 1.25. The Morgan fingerprint density at radius 3 is 1.09 bits per heavy atom. The van der Waals surface area contributed by atoms with Crippen LogP contribution in [0.5, 0.6) is 0 Å². The van der Waals surface area contributed by atoms with Gasteiger partial charge in [-0.3, -0.25) is 0 Å². The van der Waals surface area contributed by atoms with Crippen LogP contribution < -0.4 is 0 Å². The predicted octanol–water partition coefficient (Wildman–Crippen LogP) is -2.11. The molecule has 0 radical (unpaired) electrons. The van der Waals surface area contributed by atoms with Gasteiger partial charge in [0.25, 0.3) is 0 Å². The molecule has 11 heteroatoms. The van der Waals surface area contributed by atoms with E-state index < -0.39 is 15.6 Å². The van der Waals surface area contributed by atoms with Gasteiger partial charge >= 0.3 is 64.1 Å². The zero-order valence-electron chi connectivity index (χ0n) is 3.91. The number of rotatable bonds is 2. The number of phosphoric acid groups is 2. The van der Waals surface area contributed by atoms with E-state index in [9.17, 15) is 9.13 Å². The van der Waals surface area contributed by atoms with E-state index in [0.717, 1.165) is 0 Å². The van der Waals surface area contributed by atoms with E-state index in [1.54, 1.807) is 0 Å². The van der Waals surface area contributed by atoms with E-state index in [2.05, 4.69) is 4.31 Å². The SMILES string of the molecule is O=P(O)(O)OP(=O)(O)O.[LiH].[NaH]. The van der Waals surface area contributed by atoms with Crippen LogP contribution in [0.2, 0.25) is 0 Å². The van der Waals surface area contributed by atoms with Crippen molar-refractivity contribution in [3.63, 3.8) is 0 Å². The molecule has 0 heterocycles. The van der Waals surface area contributed by atoms with E-state index in [1.165, 1.54) is 0 Å². The molecule has 0 aliphatic rings. The van der Waals surface area contributed by atoms with Crippen molar-refractivity contribution in [3.8, 4) is 0 Å². The van der Waals surface area contributed by atoms with Crippen molar-refractivity contribution in [3.05, 3.63) is 0 Å². The van der Waals surface area contributed by atoms with Crippen molar-refractivity contribution in [1.82, 2.24) is 0 Å². The van der Waals surface area contributed by atoms with Crippen molar-refractivity contribution < 1.29 is 33.0 Å². The molecule has 0 amide bonds. The first-order chi connectivity index (χ1) is 3.71. The topological polar surface area (TPSA) is 124 Å². The van der Waals surface area contributed by atoms with Crippen molar-refractivity contribution in [1.29, 1.82) is 0 Å². The average Bonchev–Trinajstić information content (AvgIpc) is 1.14. The summed E-state index contributed by atoms with van der Waals surface area (Å²) in [6, 6.07) is 0. The van der Waals surface area contributed by atoms with Crippen LogP contribution in [-0.2, 0) is 13.4 Å². The van der Waals surface area contributed by atoms with Crippen LogP contribution >= 0.6 is 15.6 Å². The Hall–Kier alpha value is 1.86. The summed E-state index contributed by atoms with van der Waals surface area (Å²) in [4.78, 5) is 31.0. The molecule has 0 aliphatic heterocycles. The van der Waals surface area contributed by atoms with Crippen LogP contribution in [0.25, 0.3) is 0 Å². The van der Waals surface area contributed by atoms with Crippen molar-refractivity contribution in [2.24, 2.45) is 0 Å². The van der Waals surface area contributed by atoms with E-state index in [0.29, 0.717) is 0 Å². The molecule has 0 saturated carbocycles. The van der Waals surface area contributed by atoms with Gasteiger partial charge in [0.1, 0.15) is 0 Å². The van der Waals surface area contributed by atoms with E-state index in [1.807, 2.05) is 0 Å². The quantitative estimate of drug-likeness (QED) is 0.303. The summed E-state index contributed by atoms with van der Waals surface area (Å²) in [7, 11) is -10.1. The molecule has 0 aromatic carbocycles. The second-order valence-corrected chi connectivity index (χ2v) is 3.68. The second kappa shape index (κ2) is 6.33. The first-order valence-electron chi connectivity index (χ1n) is 1.53. The molecule has 0 atom stereocenters. The van der Waals surface area contributed by atoms with Gasteiger partial charge in [0.05, 0.1) is 0 Å². The third-order valence-corrected chi connectivity index (χ3v) is 1.91. The average molecular weight is 210 g/mol. The molecular weight excluding hydrogens is 204 g/mol. The van der Waals surface area contributed by atoms with Gasteiger partial charge < -0.3 is 19.6 Å². The molecular formula is H6LiNaO7P2. The van der Waals surface area contributed by atoms with E-state index in [4.69, 9.17) is 19.6 Å². The maximum absolute atomic E-state index is 9.63. The summed E-state index contributed by atoms with van der Waals surface area (Å²) in [5.74, 6) is 0. The zero-order chi connectivity index (χ0) is 7.71. The van der Waals surface area contributed by atoms with Gasteiger partial charge in [-0.25, -0.2) is 9.13 Å². The van der Waals surface area contributed by atoms with E-state index in [-0.39, 0.29) is 48.4 Å². The van der Waals surface area contributed by atoms with Crippen LogP contribution in [0.1, 0.15) is 0 Å². The van der Waals surface area contributed by atoms with Crippen molar-refractivity contribution in [2.45, 2.75) is 0 Å². The Bertz CT molecular complexity index is 157. The zero-order valence-corrected chi connectivity index (χ0v) is 5.70. The molecule has 60 valence electrons. The molecule has 0 rings (SSSR count). The van der Waals surface area contributed by atoms with Gasteiger partial charge in [0.15, 0.2) is 0 Å². The molecule has 11 heavy (non-hydrogen) atoms. The summed E-state index contributed by atoms with van der Waals surface area (Å²) in [6.45, 7) is 0. The first kappa shape index (κ1) is 18.6. The minimum atomic E-state index is -5.05. The van der Waals surface area contributed by atoms with Crippen LogP contribution in [0, 0.1) is 0 Å². The summed E-state index contributed by atoms with van der Waals surface area (Å²) in [6.07, 6.45) is 0. The molecule has 4 N–H and O–H groups in total. The summed E-state index contributed by atoms with van der Waals surface area (Å²) in [5.41, 5.74) is 0. The fourth-order valence-electron chi connectivity index (χ4n) is 0.139. The molecule has 0 aliphatic carbocycles. The predicted molar refractivity (Wildman–Crippen MR) is 39.5 cm³/mol. The molecule has 0 fully saturated rings. The van der Waals surface area contributed by atoms with Crippen LogP contribution in [0.15, 0.2) is 0 Å². The van der Waals surface area contributed by atoms with E-state index >= 15 is 0 Å². The van der Waals surface area contributed by atoms with Crippen molar-refractivity contribution in [2.75, 3.05) is 0 Å². The maximum atomic E-state index is 9.63. The molecule has 7 nitrogen and oxygen atoms in total. The number of hydrogen-bond donors (Lipinski definition) is 4. The van der Waals surface area contributed by atoms with Gasteiger partial charge in [0.2, 0.25) is 0 Å². The van der Waals surface area contributed by atoms with Gasteiger partial charge in [-0.2, -0.15) is 4.31 Å². The molecule has 0 bridgehead atoms. The summed E-state index contributed by atoms with van der Waals surface area (Å²) >= 11 is 0. The summed E-state index contributed by atoms with van der Waals surface area (Å²) < 4.78 is 22.2. The Morgan fingerprint density at radius 1 is 0.909 bits per heavy atom. The third kappa shape index (κ3) is 18.7. The fraction of sp³-hybridized carbons (Fsp3) is 0. The Balaban J connectivity index is -0.000000320. The molecule has 0 aromatic rings. The summed E-state index contributed by atoms with van der Waals surface area (Å²) in [5, 5.41) is 0. The standard InChI is InChI=1S/Li.Na.H4O7P2.2H/c;;1-8(2,3)7-9(4,5)6;;/h;;(H2,1,2,3)(H2,4,5,6);;. The first-order valence-corrected chi connectivity index (χ1v) is 4.59. The second-order valence-electron chi connectivity index (χ2n) is 1.06. The Kier molecular flexibility index (Phi) is 10.7. The van der Waals surface area contributed by atoms with Crippen molar-refractivity contribution >= 4 is 64.1 Å². The van der Waals surface area contributed by atoms with Gasteiger partial charge in [-0.05, 0) is 0 Å². The molecule has 0 unspecified atom stereocenters. The van der Waals surface area contributed by atoms with Crippen LogP contribution in [-0.4, -0.2) is 68.0 Å². The van der Waals surface area contributed by atoms with Gasteiger partial charge in [0, 0.05) is 0 Å². The van der Waals surface area contributed by atoms with Crippen LogP contribution in [0.4, 0.5) is 0 Å². The Labute approximate surface area is 96.5 Å². The Morgan fingerprint density at radius 2 is 1.09 bits per heavy atom. The normalized spacial score (nSPS) is 11.3. The number of hydrogen-bond acceptors (Lipinski definition) is 3. The van der Waals surface area contributed by atoms with Gasteiger partial charge in [-0.1, -0.05) is 0 Å². The minimum absolute atomic E-state index is 0. The van der Waals surface area contributed by atoms with Gasteiger partial charge in [-0.15, -0.1) is 0 Å².